The van der Waals surface area contributed by atoms with E-state index in [-0.39, 0.29) is 6.61 Å². The van der Waals surface area contributed by atoms with Crippen LogP contribution in [0.3, 0.4) is 0 Å². The lowest BCUT2D eigenvalue weighted by Crippen LogP contribution is -2.23. The van der Waals surface area contributed by atoms with Crippen LogP contribution in [0.25, 0.3) is 0 Å². The predicted molar refractivity (Wildman–Crippen MR) is 90.3 cm³/mol. The molecule has 132 valence electrons. The number of hydrogen-bond acceptors (Lipinski definition) is 5. The zero-order valence-corrected chi connectivity index (χ0v) is 14.4. The minimum Gasteiger partial charge on any atom is -0.480 e. The van der Waals surface area contributed by atoms with Crippen molar-refractivity contribution in [2.45, 2.75) is 39.0 Å². The lowest BCUT2D eigenvalue weighted by atomic mass is 9.84. The van der Waals surface area contributed by atoms with Gasteiger partial charge in [-0.2, -0.15) is 0 Å². The van der Waals surface area contributed by atoms with Crippen LogP contribution < -0.4 is 11.1 Å². The maximum absolute atomic E-state index is 11.9. The molecule has 1 aliphatic carbocycles. The highest BCUT2D eigenvalue weighted by molar-refractivity contribution is 7.17. The average Bonchev–Trinajstić information content (AvgIpc) is 2.84. The van der Waals surface area contributed by atoms with E-state index in [1.165, 1.54) is 11.3 Å². The Kier molecular flexibility index (Phi) is 6.33. The van der Waals surface area contributed by atoms with Gasteiger partial charge in [0.2, 0.25) is 0 Å². The van der Waals surface area contributed by atoms with Gasteiger partial charge in [0.15, 0.2) is 0 Å². The molecule has 2 amide bonds. The molecule has 1 aromatic heterocycles. The van der Waals surface area contributed by atoms with Crippen molar-refractivity contribution in [3.63, 3.8) is 0 Å². The van der Waals surface area contributed by atoms with Gasteiger partial charge in [0.1, 0.15) is 18.2 Å². The summed E-state index contributed by atoms with van der Waals surface area (Å²) in [6, 6.07) is 0. The molecular formula is C16H22N2O5S. The first-order valence-corrected chi connectivity index (χ1v) is 8.77. The number of amides is 2. The van der Waals surface area contributed by atoms with Crippen molar-refractivity contribution in [1.29, 1.82) is 0 Å². The first kappa shape index (κ1) is 18.4. The Hall–Kier alpha value is -1.93. The molecule has 2 rings (SSSR count). The second-order valence-electron chi connectivity index (χ2n) is 5.90. The number of hydrogen-bond donors (Lipinski definition) is 3. The lowest BCUT2D eigenvalue weighted by molar-refractivity contribution is -0.143. The minimum absolute atomic E-state index is 0.383. The molecule has 4 N–H and O–H groups in total. The monoisotopic (exact) mass is 354 g/mol. The van der Waals surface area contributed by atoms with Crippen LogP contribution in [-0.4, -0.2) is 36.1 Å². The second-order valence-corrected chi connectivity index (χ2v) is 7.01. The molecule has 0 saturated heterocycles. The fourth-order valence-electron chi connectivity index (χ4n) is 3.05. The van der Waals surface area contributed by atoms with Gasteiger partial charge in [0.25, 0.3) is 11.8 Å². The fourth-order valence-corrected chi connectivity index (χ4v) is 4.43. The molecule has 0 saturated carbocycles. The SMILES string of the molecule is CCC[C@H]1CCc2c(sc(NC(=O)COCC(=O)O)c2C(N)=O)C1. The summed E-state index contributed by atoms with van der Waals surface area (Å²) in [4.78, 5) is 35.2. The van der Waals surface area contributed by atoms with E-state index in [1.54, 1.807) is 0 Å². The van der Waals surface area contributed by atoms with E-state index < -0.39 is 24.4 Å². The van der Waals surface area contributed by atoms with Gasteiger partial charge in [-0.15, -0.1) is 11.3 Å². The first-order valence-electron chi connectivity index (χ1n) is 7.96. The van der Waals surface area contributed by atoms with Crippen LogP contribution in [0.2, 0.25) is 0 Å². The quantitative estimate of drug-likeness (QED) is 0.657. The summed E-state index contributed by atoms with van der Waals surface area (Å²) in [5.41, 5.74) is 6.83. The van der Waals surface area contributed by atoms with E-state index in [0.29, 0.717) is 16.5 Å². The van der Waals surface area contributed by atoms with Gasteiger partial charge in [-0.05, 0) is 30.7 Å². The number of nitrogens with one attached hydrogen (secondary N) is 1. The summed E-state index contributed by atoms with van der Waals surface area (Å²) < 4.78 is 4.76. The Morgan fingerprint density at radius 2 is 2.12 bits per heavy atom. The third-order valence-corrected chi connectivity index (χ3v) is 5.19. The van der Waals surface area contributed by atoms with Gasteiger partial charge in [0.05, 0.1) is 5.56 Å². The number of ether oxygens (including phenoxy) is 1. The van der Waals surface area contributed by atoms with E-state index in [9.17, 15) is 14.4 Å². The summed E-state index contributed by atoms with van der Waals surface area (Å²) in [5, 5.41) is 11.6. The molecule has 0 radical (unpaired) electrons. The summed E-state index contributed by atoms with van der Waals surface area (Å²) in [6.07, 6.45) is 4.99. The highest BCUT2D eigenvalue weighted by atomic mass is 32.1. The number of anilines is 1. The average molecular weight is 354 g/mol. The largest absolute Gasteiger partial charge is 0.480 e. The number of carboxylic acids is 1. The molecule has 1 aromatic rings. The number of primary amides is 1. The summed E-state index contributed by atoms with van der Waals surface area (Å²) in [6.45, 7) is 1.23. The van der Waals surface area contributed by atoms with E-state index in [1.807, 2.05) is 0 Å². The smallest absolute Gasteiger partial charge is 0.329 e. The standard InChI is InChI=1S/C16H22N2O5S/c1-2-3-9-4-5-10-11(6-9)24-16(14(10)15(17)22)18-12(19)7-23-8-13(20)21/h9H,2-8H2,1H3,(H2,17,22)(H,18,19)(H,20,21)/t9-/m0/s1. The number of thiophene rings is 1. The van der Waals surface area contributed by atoms with Crippen LogP contribution in [0.5, 0.6) is 0 Å². The molecule has 0 bridgehead atoms. The lowest BCUT2D eigenvalue weighted by Gasteiger charge is -2.21. The normalized spacial score (nSPS) is 16.5. The van der Waals surface area contributed by atoms with Crippen molar-refractivity contribution in [1.82, 2.24) is 0 Å². The predicted octanol–water partition coefficient (Wildman–Crippen LogP) is 1.79. The zero-order chi connectivity index (χ0) is 17.7. The number of carbonyl (C=O) groups is 3. The van der Waals surface area contributed by atoms with Gasteiger partial charge >= 0.3 is 5.97 Å². The van der Waals surface area contributed by atoms with E-state index in [4.69, 9.17) is 15.6 Å². The fraction of sp³-hybridized carbons (Fsp3) is 0.562. The van der Waals surface area contributed by atoms with Crippen LogP contribution in [0.4, 0.5) is 5.00 Å². The van der Waals surface area contributed by atoms with Crippen LogP contribution in [0, 0.1) is 5.92 Å². The molecule has 0 aromatic carbocycles. The van der Waals surface area contributed by atoms with Gasteiger partial charge in [-0.25, -0.2) is 4.79 Å². The van der Waals surface area contributed by atoms with Gasteiger partial charge in [-0.1, -0.05) is 19.8 Å². The summed E-state index contributed by atoms with van der Waals surface area (Å²) >= 11 is 1.38. The number of nitrogens with two attached hydrogens (primary N) is 1. The molecule has 1 atom stereocenters. The van der Waals surface area contributed by atoms with Crippen molar-refractivity contribution in [2.75, 3.05) is 18.5 Å². The van der Waals surface area contributed by atoms with Gasteiger partial charge in [-0.3, -0.25) is 9.59 Å². The van der Waals surface area contributed by atoms with Gasteiger partial charge in [0, 0.05) is 4.88 Å². The Balaban J connectivity index is 2.11. The highest BCUT2D eigenvalue weighted by Gasteiger charge is 2.28. The van der Waals surface area contributed by atoms with Gasteiger partial charge < -0.3 is 20.9 Å². The molecule has 0 spiro atoms. The number of carbonyl (C=O) groups excluding carboxylic acids is 2. The molecule has 8 heteroatoms. The van der Waals surface area contributed by atoms with E-state index in [0.717, 1.165) is 42.5 Å². The Morgan fingerprint density at radius 1 is 1.38 bits per heavy atom. The number of carboxylic acid groups (broad SMARTS) is 1. The Bertz CT molecular complexity index is 641. The van der Waals surface area contributed by atoms with Crippen molar-refractivity contribution >= 4 is 34.1 Å². The van der Waals surface area contributed by atoms with Crippen molar-refractivity contribution in [3.8, 4) is 0 Å². The first-order chi connectivity index (χ1) is 11.4. The molecule has 0 unspecified atom stereocenters. The number of aliphatic carboxylic acids is 1. The highest BCUT2D eigenvalue weighted by Crippen LogP contribution is 2.40. The molecule has 7 nitrogen and oxygen atoms in total. The van der Waals surface area contributed by atoms with Crippen LogP contribution in [0.1, 0.15) is 47.0 Å². The van der Waals surface area contributed by atoms with E-state index >= 15 is 0 Å². The molecule has 0 fully saturated rings. The molecule has 1 heterocycles. The third kappa shape index (κ3) is 4.55. The third-order valence-electron chi connectivity index (χ3n) is 4.02. The molecule has 0 aliphatic heterocycles. The number of fused-ring (bicyclic) bond motifs is 1. The maximum atomic E-state index is 11.9. The van der Waals surface area contributed by atoms with Crippen molar-refractivity contribution in [2.24, 2.45) is 11.7 Å². The molecular weight excluding hydrogens is 332 g/mol. The van der Waals surface area contributed by atoms with Crippen LogP contribution in [0.15, 0.2) is 0 Å². The van der Waals surface area contributed by atoms with Crippen molar-refractivity contribution < 1.29 is 24.2 Å². The van der Waals surface area contributed by atoms with E-state index in [2.05, 4.69) is 12.2 Å². The summed E-state index contributed by atoms with van der Waals surface area (Å²) in [7, 11) is 0. The molecule has 1 aliphatic rings. The van der Waals surface area contributed by atoms with Crippen molar-refractivity contribution in [3.05, 3.63) is 16.0 Å². The Labute approximate surface area is 144 Å². The Morgan fingerprint density at radius 3 is 2.75 bits per heavy atom. The molecule has 24 heavy (non-hydrogen) atoms. The van der Waals surface area contributed by atoms with Crippen LogP contribution in [-0.2, 0) is 27.2 Å². The number of rotatable bonds is 8. The van der Waals surface area contributed by atoms with Crippen LogP contribution >= 0.6 is 11.3 Å². The zero-order valence-electron chi connectivity index (χ0n) is 13.6. The summed E-state index contributed by atoms with van der Waals surface area (Å²) in [5.74, 6) is -1.59. The maximum Gasteiger partial charge on any atom is 0.329 e. The minimum atomic E-state index is -1.14. The topological polar surface area (TPSA) is 119 Å². The second kappa shape index (κ2) is 8.25.